The largest absolute Gasteiger partial charge is 0.333 e. The number of carbonyl (C=O) groups excluding carboxylic acids is 1. The number of hydrogen-bond donors (Lipinski definition) is 1. The smallest absolute Gasteiger partial charge is 0.276 e. The van der Waals surface area contributed by atoms with Crippen LogP contribution in [-0.2, 0) is 0 Å². The maximum atomic E-state index is 12.8. The number of rotatable bonds is 5. The Morgan fingerprint density at radius 2 is 2.28 bits per heavy atom. The van der Waals surface area contributed by atoms with Crippen LogP contribution in [-0.4, -0.2) is 56.9 Å². The molecule has 1 atom stereocenters. The monoisotopic (exact) mass is 344 g/mol. The summed E-state index contributed by atoms with van der Waals surface area (Å²) in [6.45, 7) is 3.19. The van der Waals surface area contributed by atoms with Crippen LogP contribution >= 0.6 is 0 Å². The number of non-ortho nitro benzene ring substituents is 1. The van der Waals surface area contributed by atoms with Crippen molar-refractivity contribution in [1.29, 1.82) is 0 Å². The van der Waals surface area contributed by atoms with Gasteiger partial charge in [-0.15, -0.1) is 5.10 Å². The number of aromatic nitrogens is 3. The second-order valence-corrected chi connectivity index (χ2v) is 6.06. The molecule has 0 bridgehead atoms. The highest BCUT2D eigenvalue weighted by Gasteiger charge is 2.31. The molecule has 1 N–H and O–H groups in total. The number of benzene rings is 1. The van der Waals surface area contributed by atoms with Crippen molar-refractivity contribution in [3.05, 3.63) is 45.8 Å². The average Bonchev–Trinajstić information content (AvgIpc) is 3.21. The van der Waals surface area contributed by atoms with E-state index in [0.29, 0.717) is 17.9 Å². The van der Waals surface area contributed by atoms with Gasteiger partial charge in [-0.1, -0.05) is 11.3 Å². The van der Waals surface area contributed by atoms with E-state index < -0.39 is 4.92 Å². The molecule has 1 saturated heterocycles. The SMILES string of the molecule is CNCC1CCCN1C(=O)c1nnn(-c2cccc([N+](=O)[O-])c2)c1C. The molecule has 0 saturated carbocycles. The molecule has 1 unspecified atom stereocenters. The first-order valence-electron chi connectivity index (χ1n) is 8.15. The maximum absolute atomic E-state index is 12.8. The number of likely N-dealkylation sites (N-methyl/N-ethyl adjacent to an activating group) is 1. The zero-order valence-electron chi connectivity index (χ0n) is 14.2. The number of amides is 1. The summed E-state index contributed by atoms with van der Waals surface area (Å²) >= 11 is 0. The van der Waals surface area contributed by atoms with Crippen LogP contribution in [0.3, 0.4) is 0 Å². The van der Waals surface area contributed by atoms with Gasteiger partial charge < -0.3 is 10.2 Å². The Morgan fingerprint density at radius 3 is 3.00 bits per heavy atom. The highest BCUT2D eigenvalue weighted by atomic mass is 16.6. The minimum absolute atomic E-state index is 0.0334. The standard InChI is InChI=1S/C16H20N6O3/c1-11-15(16(23)20-8-4-7-14(20)10-17-2)18-19-21(11)12-5-3-6-13(9-12)22(24)25/h3,5-6,9,14,17H,4,7-8,10H2,1-2H3. The Bertz CT molecular complexity index is 803. The molecule has 0 spiro atoms. The minimum Gasteiger partial charge on any atom is -0.333 e. The summed E-state index contributed by atoms with van der Waals surface area (Å²) in [5.74, 6) is -0.146. The number of likely N-dealkylation sites (tertiary alicyclic amines) is 1. The van der Waals surface area contributed by atoms with Gasteiger partial charge in [0.05, 0.1) is 16.3 Å². The molecule has 25 heavy (non-hydrogen) atoms. The van der Waals surface area contributed by atoms with Crippen molar-refractivity contribution in [3.8, 4) is 5.69 Å². The molecular formula is C16H20N6O3. The first kappa shape index (κ1) is 17.0. The van der Waals surface area contributed by atoms with Crippen LogP contribution in [0.1, 0.15) is 29.0 Å². The Balaban J connectivity index is 1.90. The molecule has 1 aromatic carbocycles. The fraction of sp³-hybridized carbons (Fsp3) is 0.438. The third-order valence-corrected chi connectivity index (χ3v) is 4.46. The lowest BCUT2D eigenvalue weighted by molar-refractivity contribution is -0.384. The van der Waals surface area contributed by atoms with Gasteiger partial charge in [0.15, 0.2) is 5.69 Å². The maximum Gasteiger partial charge on any atom is 0.276 e. The molecule has 1 aromatic heterocycles. The summed E-state index contributed by atoms with van der Waals surface area (Å²) in [6.07, 6.45) is 1.93. The predicted octanol–water partition coefficient (Wildman–Crippen LogP) is 1.31. The molecule has 1 aliphatic rings. The minimum atomic E-state index is -0.464. The highest BCUT2D eigenvalue weighted by Crippen LogP contribution is 2.22. The van der Waals surface area contributed by atoms with Crippen molar-refractivity contribution in [2.24, 2.45) is 0 Å². The summed E-state index contributed by atoms with van der Waals surface area (Å²) in [4.78, 5) is 25.2. The molecule has 9 heteroatoms. The van der Waals surface area contributed by atoms with E-state index in [0.717, 1.165) is 19.4 Å². The number of carbonyl (C=O) groups is 1. The van der Waals surface area contributed by atoms with E-state index in [2.05, 4.69) is 15.6 Å². The number of nitrogens with one attached hydrogen (secondary N) is 1. The van der Waals surface area contributed by atoms with Gasteiger partial charge in [0.2, 0.25) is 0 Å². The van der Waals surface area contributed by atoms with Crippen molar-refractivity contribution < 1.29 is 9.72 Å². The Labute approximate surface area is 144 Å². The lowest BCUT2D eigenvalue weighted by Gasteiger charge is -2.23. The first-order chi connectivity index (χ1) is 12.0. The summed E-state index contributed by atoms with van der Waals surface area (Å²) in [6, 6.07) is 6.26. The number of nitro benzene ring substituents is 1. The molecule has 1 amide bonds. The van der Waals surface area contributed by atoms with Gasteiger partial charge in [-0.2, -0.15) is 0 Å². The van der Waals surface area contributed by atoms with Crippen LogP contribution in [0.25, 0.3) is 5.69 Å². The van der Waals surface area contributed by atoms with E-state index in [1.165, 1.54) is 16.8 Å². The van der Waals surface area contributed by atoms with Gasteiger partial charge in [0.25, 0.3) is 11.6 Å². The van der Waals surface area contributed by atoms with Gasteiger partial charge in [-0.25, -0.2) is 4.68 Å². The van der Waals surface area contributed by atoms with Gasteiger partial charge in [-0.05, 0) is 32.9 Å². The van der Waals surface area contributed by atoms with E-state index in [1.54, 1.807) is 19.1 Å². The zero-order valence-corrected chi connectivity index (χ0v) is 14.2. The molecule has 1 fully saturated rings. The Morgan fingerprint density at radius 1 is 1.48 bits per heavy atom. The second-order valence-electron chi connectivity index (χ2n) is 6.06. The number of hydrogen-bond acceptors (Lipinski definition) is 6. The summed E-state index contributed by atoms with van der Waals surface area (Å²) in [7, 11) is 1.87. The summed E-state index contributed by atoms with van der Waals surface area (Å²) < 4.78 is 1.46. The van der Waals surface area contributed by atoms with E-state index in [-0.39, 0.29) is 23.3 Å². The molecule has 9 nitrogen and oxygen atoms in total. The van der Waals surface area contributed by atoms with Crippen LogP contribution in [0.15, 0.2) is 24.3 Å². The lowest BCUT2D eigenvalue weighted by Crippen LogP contribution is -2.41. The van der Waals surface area contributed by atoms with Crippen molar-refractivity contribution in [1.82, 2.24) is 25.2 Å². The van der Waals surface area contributed by atoms with Crippen LogP contribution in [0.5, 0.6) is 0 Å². The summed E-state index contributed by atoms with van der Waals surface area (Å²) in [5.41, 5.74) is 1.33. The van der Waals surface area contributed by atoms with E-state index in [9.17, 15) is 14.9 Å². The molecule has 3 rings (SSSR count). The molecule has 2 aromatic rings. The second kappa shape index (κ2) is 6.98. The Hall–Kier alpha value is -2.81. The quantitative estimate of drug-likeness (QED) is 0.647. The van der Waals surface area contributed by atoms with Crippen molar-refractivity contribution in [2.45, 2.75) is 25.8 Å². The zero-order chi connectivity index (χ0) is 18.0. The fourth-order valence-electron chi connectivity index (χ4n) is 3.20. The van der Waals surface area contributed by atoms with Crippen LogP contribution in [0.4, 0.5) is 5.69 Å². The van der Waals surface area contributed by atoms with Crippen molar-refractivity contribution in [2.75, 3.05) is 20.1 Å². The van der Waals surface area contributed by atoms with Crippen LogP contribution in [0, 0.1) is 17.0 Å². The summed E-state index contributed by atoms with van der Waals surface area (Å²) in [5, 5.41) is 22.1. The predicted molar refractivity (Wildman–Crippen MR) is 90.7 cm³/mol. The molecule has 2 heterocycles. The molecule has 0 radical (unpaired) electrons. The van der Waals surface area contributed by atoms with E-state index in [4.69, 9.17) is 0 Å². The molecule has 132 valence electrons. The van der Waals surface area contributed by atoms with Gasteiger partial charge in [0.1, 0.15) is 0 Å². The first-order valence-corrected chi connectivity index (χ1v) is 8.15. The van der Waals surface area contributed by atoms with E-state index >= 15 is 0 Å². The van der Waals surface area contributed by atoms with Gasteiger partial charge in [0, 0.05) is 31.3 Å². The van der Waals surface area contributed by atoms with Crippen LogP contribution in [0.2, 0.25) is 0 Å². The van der Waals surface area contributed by atoms with Gasteiger partial charge in [-0.3, -0.25) is 14.9 Å². The molecule has 0 aliphatic carbocycles. The van der Waals surface area contributed by atoms with Crippen LogP contribution < -0.4 is 5.32 Å². The van der Waals surface area contributed by atoms with Gasteiger partial charge >= 0.3 is 0 Å². The van der Waals surface area contributed by atoms with Crippen molar-refractivity contribution >= 4 is 11.6 Å². The molecule has 1 aliphatic heterocycles. The Kier molecular flexibility index (Phi) is 4.75. The molecular weight excluding hydrogens is 324 g/mol. The third-order valence-electron chi connectivity index (χ3n) is 4.46. The van der Waals surface area contributed by atoms with E-state index in [1.807, 2.05) is 11.9 Å². The topological polar surface area (TPSA) is 106 Å². The normalized spacial score (nSPS) is 17.0. The fourth-order valence-corrected chi connectivity index (χ4v) is 3.20. The number of nitrogens with zero attached hydrogens (tertiary/aromatic N) is 5. The third kappa shape index (κ3) is 3.22. The highest BCUT2D eigenvalue weighted by molar-refractivity contribution is 5.93. The van der Waals surface area contributed by atoms with Crippen molar-refractivity contribution in [3.63, 3.8) is 0 Å². The lowest BCUT2D eigenvalue weighted by atomic mass is 10.2. The number of nitro groups is 1. The average molecular weight is 344 g/mol.